The summed E-state index contributed by atoms with van der Waals surface area (Å²) in [4.78, 5) is 7.59. The number of rotatable bonds is 3. The van der Waals surface area contributed by atoms with Gasteiger partial charge in [0.1, 0.15) is 13.1 Å². The maximum Gasteiger partial charge on any atom is 0.144 e. The van der Waals surface area contributed by atoms with Crippen molar-refractivity contribution in [2.24, 2.45) is 0 Å². The normalized spacial score (nSPS) is 9.70. The SMILES string of the molecule is OCOCc1ccncn1. The lowest BCUT2D eigenvalue weighted by Crippen LogP contribution is -1.95. The van der Waals surface area contributed by atoms with Gasteiger partial charge in [-0.3, -0.25) is 0 Å². The van der Waals surface area contributed by atoms with Crippen molar-refractivity contribution in [2.45, 2.75) is 6.61 Å². The summed E-state index contributed by atoms with van der Waals surface area (Å²) in [5.74, 6) is 0. The standard InChI is InChI=1S/C6H8N2O2/c9-5-10-3-6-1-2-7-4-8-6/h1-2,4,9H,3,5H2. The summed E-state index contributed by atoms with van der Waals surface area (Å²) in [7, 11) is 0. The molecule has 0 radical (unpaired) electrons. The molecule has 1 aromatic heterocycles. The van der Waals surface area contributed by atoms with Crippen LogP contribution in [0.15, 0.2) is 18.6 Å². The summed E-state index contributed by atoms with van der Waals surface area (Å²) in [5, 5.41) is 8.26. The zero-order chi connectivity index (χ0) is 7.23. The van der Waals surface area contributed by atoms with Gasteiger partial charge in [0.05, 0.1) is 12.3 Å². The first kappa shape index (κ1) is 7.11. The van der Waals surface area contributed by atoms with E-state index in [2.05, 4.69) is 14.7 Å². The van der Waals surface area contributed by atoms with Crippen LogP contribution in [0.4, 0.5) is 0 Å². The van der Waals surface area contributed by atoms with Crippen LogP contribution in [0.2, 0.25) is 0 Å². The van der Waals surface area contributed by atoms with Gasteiger partial charge in [-0.05, 0) is 6.07 Å². The molecule has 0 amide bonds. The highest BCUT2D eigenvalue weighted by atomic mass is 16.6. The van der Waals surface area contributed by atoms with Gasteiger partial charge in [-0.15, -0.1) is 0 Å². The highest BCUT2D eigenvalue weighted by Gasteiger charge is 1.89. The lowest BCUT2D eigenvalue weighted by Gasteiger charge is -1.96. The number of hydrogen-bond acceptors (Lipinski definition) is 4. The van der Waals surface area contributed by atoms with Gasteiger partial charge in [-0.2, -0.15) is 0 Å². The van der Waals surface area contributed by atoms with Gasteiger partial charge in [-0.1, -0.05) is 0 Å². The first-order valence-corrected chi connectivity index (χ1v) is 2.87. The van der Waals surface area contributed by atoms with Gasteiger partial charge in [0.25, 0.3) is 0 Å². The van der Waals surface area contributed by atoms with Crippen LogP contribution < -0.4 is 0 Å². The number of ether oxygens (including phenoxy) is 1. The van der Waals surface area contributed by atoms with Gasteiger partial charge in [0.15, 0.2) is 0 Å². The van der Waals surface area contributed by atoms with Crippen LogP contribution in [0.5, 0.6) is 0 Å². The topological polar surface area (TPSA) is 55.2 Å². The van der Waals surface area contributed by atoms with Gasteiger partial charge >= 0.3 is 0 Å². The number of nitrogens with zero attached hydrogens (tertiary/aromatic N) is 2. The van der Waals surface area contributed by atoms with E-state index in [0.29, 0.717) is 6.61 Å². The predicted octanol–water partition coefficient (Wildman–Crippen LogP) is -0.0570. The van der Waals surface area contributed by atoms with Crippen molar-refractivity contribution in [3.8, 4) is 0 Å². The Morgan fingerprint density at radius 1 is 1.60 bits per heavy atom. The Bertz CT molecular complexity index is 178. The van der Waals surface area contributed by atoms with Crippen molar-refractivity contribution in [1.29, 1.82) is 0 Å². The Kier molecular flexibility index (Phi) is 2.79. The zero-order valence-electron chi connectivity index (χ0n) is 5.40. The van der Waals surface area contributed by atoms with E-state index in [1.54, 1.807) is 12.3 Å². The molecule has 0 spiro atoms. The minimum absolute atomic E-state index is 0.274. The molecule has 0 aliphatic carbocycles. The zero-order valence-corrected chi connectivity index (χ0v) is 5.40. The van der Waals surface area contributed by atoms with Crippen molar-refractivity contribution in [2.75, 3.05) is 6.79 Å². The molecule has 1 rings (SSSR count). The van der Waals surface area contributed by atoms with E-state index in [4.69, 9.17) is 5.11 Å². The predicted molar refractivity (Wildman–Crippen MR) is 33.9 cm³/mol. The molecule has 1 aromatic rings. The van der Waals surface area contributed by atoms with Gasteiger partial charge in [-0.25, -0.2) is 9.97 Å². The lowest BCUT2D eigenvalue weighted by atomic mass is 10.4. The van der Waals surface area contributed by atoms with Crippen molar-refractivity contribution in [3.63, 3.8) is 0 Å². The Morgan fingerprint density at radius 2 is 2.50 bits per heavy atom. The maximum atomic E-state index is 8.26. The Labute approximate surface area is 58.5 Å². The molecule has 0 atom stereocenters. The highest BCUT2D eigenvalue weighted by Crippen LogP contribution is 1.92. The molecule has 4 nitrogen and oxygen atoms in total. The Balaban J connectivity index is 2.43. The van der Waals surface area contributed by atoms with E-state index in [-0.39, 0.29) is 6.79 Å². The van der Waals surface area contributed by atoms with Crippen molar-refractivity contribution in [1.82, 2.24) is 9.97 Å². The summed E-state index contributed by atoms with van der Waals surface area (Å²) in [6, 6.07) is 1.73. The Hall–Kier alpha value is -1.00. The minimum Gasteiger partial charge on any atom is -0.371 e. The summed E-state index contributed by atoms with van der Waals surface area (Å²) >= 11 is 0. The molecule has 0 bridgehead atoms. The van der Waals surface area contributed by atoms with E-state index in [9.17, 15) is 0 Å². The third-order valence-electron chi connectivity index (χ3n) is 0.984. The van der Waals surface area contributed by atoms with Crippen LogP contribution >= 0.6 is 0 Å². The molecule has 1 N–H and O–H groups in total. The summed E-state index contributed by atoms with van der Waals surface area (Å²) in [6.45, 7) is 0.0586. The van der Waals surface area contributed by atoms with Crippen molar-refractivity contribution in [3.05, 3.63) is 24.3 Å². The molecule has 0 saturated heterocycles. The molecule has 0 unspecified atom stereocenters. The number of hydrogen-bond donors (Lipinski definition) is 1. The summed E-state index contributed by atoms with van der Waals surface area (Å²) < 4.78 is 4.68. The third-order valence-corrected chi connectivity index (χ3v) is 0.984. The molecule has 10 heavy (non-hydrogen) atoms. The quantitative estimate of drug-likeness (QED) is 0.598. The van der Waals surface area contributed by atoms with Crippen molar-refractivity contribution >= 4 is 0 Å². The molecule has 0 fully saturated rings. The smallest absolute Gasteiger partial charge is 0.144 e. The van der Waals surface area contributed by atoms with E-state index in [1.165, 1.54) is 6.33 Å². The van der Waals surface area contributed by atoms with Crippen molar-refractivity contribution < 1.29 is 9.84 Å². The molecule has 0 saturated carbocycles. The molecule has 54 valence electrons. The fraction of sp³-hybridized carbons (Fsp3) is 0.333. The largest absolute Gasteiger partial charge is 0.371 e. The van der Waals surface area contributed by atoms with E-state index in [0.717, 1.165) is 5.69 Å². The number of aliphatic hydroxyl groups is 1. The van der Waals surface area contributed by atoms with Crippen LogP contribution in [-0.2, 0) is 11.3 Å². The second-order valence-corrected chi connectivity index (χ2v) is 1.68. The van der Waals surface area contributed by atoms with Crippen LogP contribution in [0.25, 0.3) is 0 Å². The summed E-state index contributed by atoms with van der Waals surface area (Å²) in [5.41, 5.74) is 0.768. The number of aliphatic hydroxyl groups excluding tert-OH is 1. The van der Waals surface area contributed by atoms with E-state index in [1.807, 2.05) is 0 Å². The molecular weight excluding hydrogens is 132 g/mol. The van der Waals surface area contributed by atoms with E-state index < -0.39 is 0 Å². The minimum atomic E-state index is -0.274. The van der Waals surface area contributed by atoms with Crippen LogP contribution in [0.1, 0.15) is 5.69 Å². The van der Waals surface area contributed by atoms with Gasteiger partial charge in [0, 0.05) is 6.20 Å². The molecule has 0 aliphatic rings. The van der Waals surface area contributed by atoms with Gasteiger partial charge in [0.2, 0.25) is 0 Å². The van der Waals surface area contributed by atoms with E-state index >= 15 is 0 Å². The Morgan fingerprint density at radius 3 is 3.10 bits per heavy atom. The fourth-order valence-electron chi connectivity index (χ4n) is 0.554. The second kappa shape index (κ2) is 3.92. The monoisotopic (exact) mass is 140 g/mol. The lowest BCUT2D eigenvalue weighted by molar-refractivity contribution is -0.0125. The van der Waals surface area contributed by atoms with Crippen LogP contribution in [0, 0.1) is 0 Å². The number of aromatic nitrogens is 2. The van der Waals surface area contributed by atoms with Gasteiger partial charge < -0.3 is 9.84 Å². The first-order chi connectivity index (χ1) is 4.93. The second-order valence-electron chi connectivity index (χ2n) is 1.68. The fourth-order valence-corrected chi connectivity index (χ4v) is 0.554. The molecular formula is C6H8N2O2. The van der Waals surface area contributed by atoms with Crippen LogP contribution in [0.3, 0.4) is 0 Å². The van der Waals surface area contributed by atoms with Crippen LogP contribution in [-0.4, -0.2) is 21.9 Å². The molecule has 4 heteroatoms. The summed E-state index contributed by atoms with van der Waals surface area (Å²) in [6.07, 6.45) is 3.07. The average molecular weight is 140 g/mol. The third kappa shape index (κ3) is 2.08. The highest BCUT2D eigenvalue weighted by molar-refractivity contribution is 4.95. The maximum absolute atomic E-state index is 8.26. The molecule has 0 aliphatic heterocycles. The molecule has 1 heterocycles. The first-order valence-electron chi connectivity index (χ1n) is 2.87. The average Bonchev–Trinajstić information content (AvgIpc) is 2.03. The molecule has 0 aromatic carbocycles.